The Kier molecular flexibility index (Phi) is 3.97. The number of hydrazone groups is 1. The SMILES string of the molecule is C/C(=N/NC(=O)[C@@H]1COc2ccccc2O1)C(C)(C)C. The van der Waals surface area contributed by atoms with Gasteiger partial charge < -0.3 is 9.47 Å². The fourth-order valence-electron chi connectivity index (χ4n) is 1.53. The van der Waals surface area contributed by atoms with Crippen LogP contribution in [0.15, 0.2) is 29.4 Å². The average Bonchev–Trinajstić information content (AvgIpc) is 2.42. The van der Waals surface area contributed by atoms with Crippen molar-refractivity contribution in [2.45, 2.75) is 33.8 Å². The summed E-state index contributed by atoms with van der Waals surface area (Å²) in [5.74, 6) is 0.935. The Morgan fingerprint density at radius 1 is 1.30 bits per heavy atom. The quantitative estimate of drug-likeness (QED) is 0.666. The molecule has 0 saturated heterocycles. The second-order valence-electron chi connectivity index (χ2n) is 5.79. The third-order valence-corrected chi connectivity index (χ3v) is 3.22. The highest BCUT2D eigenvalue weighted by Crippen LogP contribution is 2.30. The predicted octanol–water partition coefficient (Wildman–Crippen LogP) is 2.36. The first-order valence-electron chi connectivity index (χ1n) is 6.61. The van der Waals surface area contributed by atoms with Crippen molar-refractivity contribution in [1.29, 1.82) is 0 Å². The molecule has 5 heteroatoms. The molecule has 0 unspecified atom stereocenters. The van der Waals surface area contributed by atoms with Gasteiger partial charge in [-0.15, -0.1) is 0 Å². The van der Waals surface area contributed by atoms with Gasteiger partial charge in [0.15, 0.2) is 11.5 Å². The van der Waals surface area contributed by atoms with Crippen LogP contribution in [0, 0.1) is 5.41 Å². The molecule has 1 aromatic carbocycles. The fraction of sp³-hybridized carbons (Fsp3) is 0.467. The highest BCUT2D eigenvalue weighted by molar-refractivity contribution is 5.89. The molecule has 108 valence electrons. The topological polar surface area (TPSA) is 59.9 Å². The summed E-state index contributed by atoms with van der Waals surface area (Å²) in [6.45, 7) is 8.18. The molecule has 1 aliphatic heterocycles. The zero-order valence-electron chi connectivity index (χ0n) is 12.3. The van der Waals surface area contributed by atoms with Crippen molar-refractivity contribution in [3.05, 3.63) is 24.3 Å². The smallest absolute Gasteiger partial charge is 0.284 e. The highest BCUT2D eigenvalue weighted by Gasteiger charge is 2.27. The van der Waals surface area contributed by atoms with Crippen molar-refractivity contribution in [3.8, 4) is 11.5 Å². The number of nitrogens with one attached hydrogen (secondary N) is 1. The molecule has 5 nitrogen and oxygen atoms in total. The Labute approximate surface area is 119 Å². The number of para-hydroxylation sites is 2. The van der Waals surface area contributed by atoms with Crippen molar-refractivity contribution in [2.75, 3.05) is 6.61 Å². The van der Waals surface area contributed by atoms with E-state index in [1.54, 1.807) is 6.07 Å². The van der Waals surface area contributed by atoms with E-state index in [4.69, 9.17) is 9.47 Å². The van der Waals surface area contributed by atoms with Crippen LogP contribution in [0.5, 0.6) is 11.5 Å². The minimum absolute atomic E-state index is 0.0796. The van der Waals surface area contributed by atoms with E-state index in [1.807, 2.05) is 45.9 Å². The van der Waals surface area contributed by atoms with Gasteiger partial charge in [0.2, 0.25) is 6.10 Å². The molecular formula is C15H20N2O3. The summed E-state index contributed by atoms with van der Waals surface area (Å²) in [5, 5.41) is 4.11. The maximum Gasteiger partial charge on any atom is 0.284 e. The molecule has 0 saturated carbocycles. The molecule has 0 aromatic heterocycles. The summed E-state index contributed by atoms with van der Waals surface area (Å²) in [6, 6.07) is 7.29. The molecule has 0 bridgehead atoms. The fourth-order valence-corrected chi connectivity index (χ4v) is 1.53. The standard InChI is InChI=1S/C15H20N2O3/c1-10(15(2,3)4)16-17-14(18)13-9-19-11-7-5-6-8-12(11)20-13/h5-8,13H,9H2,1-4H3,(H,17,18)/b16-10-/t13-/m0/s1. The number of fused-ring (bicyclic) bond motifs is 1. The Morgan fingerprint density at radius 3 is 2.60 bits per heavy atom. The Morgan fingerprint density at radius 2 is 1.95 bits per heavy atom. The second kappa shape index (κ2) is 5.53. The number of amides is 1. The maximum atomic E-state index is 12.0. The molecule has 0 fully saturated rings. The lowest BCUT2D eigenvalue weighted by Crippen LogP contribution is -2.42. The molecule has 1 atom stereocenters. The normalized spacial score (nSPS) is 18.6. The largest absolute Gasteiger partial charge is 0.485 e. The van der Waals surface area contributed by atoms with Crippen LogP contribution in [-0.2, 0) is 4.79 Å². The van der Waals surface area contributed by atoms with Crippen molar-refractivity contribution < 1.29 is 14.3 Å². The van der Waals surface area contributed by atoms with Crippen molar-refractivity contribution in [3.63, 3.8) is 0 Å². The zero-order chi connectivity index (χ0) is 14.8. The summed E-state index contributed by atoms with van der Waals surface area (Å²) in [5.41, 5.74) is 3.30. The van der Waals surface area contributed by atoms with E-state index in [0.29, 0.717) is 11.5 Å². The molecule has 1 amide bonds. The number of ether oxygens (including phenoxy) is 2. The zero-order valence-corrected chi connectivity index (χ0v) is 12.3. The molecule has 1 heterocycles. The average molecular weight is 276 g/mol. The van der Waals surface area contributed by atoms with Crippen molar-refractivity contribution >= 4 is 11.6 Å². The molecule has 1 aliphatic rings. The van der Waals surface area contributed by atoms with Crippen molar-refractivity contribution in [1.82, 2.24) is 5.43 Å². The summed E-state index contributed by atoms with van der Waals surface area (Å²) in [6.07, 6.45) is -0.679. The van der Waals surface area contributed by atoms with Crippen LogP contribution in [0.25, 0.3) is 0 Å². The van der Waals surface area contributed by atoms with Gasteiger partial charge in [-0.25, -0.2) is 5.43 Å². The number of hydrogen-bond acceptors (Lipinski definition) is 4. The number of carbonyl (C=O) groups excluding carboxylic acids is 1. The molecule has 0 spiro atoms. The van der Waals surface area contributed by atoms with Gasteiger partial charge in [0.25, 0.3) is 5.91 Å². The van der Waals surface area contributed by atoms with Crippen LogP contribution in [0.4, 0.5) is 0 Å². The van der Waals surface area contributed by atoms with Gasteiger partial charge in [0, 0.05) is 11.1 Å². The second-order valence-corrected chi connectivity index (χ2v) is 5.79. The van der Waals surface area contributed by atoms with Gasteiger partial charge in [-0.2, -0.15) is 5.10 Å². The van der Waals surface area contributed by atoms with E-state index in [0.717, 1.165) is 5.71 Å². The van der Waals surface area contributed by atoms with E-state index in [2.05, 4.69) is 10.5 Å². The maximum absolute atomic E-state index is 12.0. The Balaban J connectivity index is 1.99. The molecular weight excluding hydrogens is 256 g/mol. The van der Waals surface area contributed by atoms with Crippen LogP contribution in [0.2, 0.25) is 0 Å². The van der Waals surface area contributed by atoms with E-state index in [-0.39, 0.29) is 17.9 Å². The third-order valence-electron chi connectivity index (χ3n) is 3.22. The molecule has 20 heavy (non-hydrogen) atoms. The summed E-state index contributed by atoms with van der Waals surface area (Å²) >= 11 is 0. The minimum Gasteiger partial charge on any atom is -0.485 e. The van der Waals surface area contributed by atoms with E-state index in [1.165, 1.54) is 0 Å². The molecule has 0 radical (unpaired) electrons. The van der Waals surface area contributed by atoms with Crippen molar-refractivity contribution in [2.24, 2.45) is 10.5 Å². The Hall–Kier alpha value is -2.04. The summed E-state index contributed by atoms with van der Waals surface area (Å²) in [4.78, 5) is 12.0. The van der Waals surface area contributed by atoms with Crippen LogP contribution in [0.1, 0.15) is 27.7 Å². The number of carbonyl (C=O) groups is 1. The lowest BCUT2D eigenvalue weighted by Gasteiger charge is -2.25. The summed E-state index contributed by atoms with van der Waals surface area (Å²) < 4.78 is 11.1. The van der Waals surface area contributed by atoms with Gasteiger partial charge in [0.05, 0.1) is 0 Å². The predicted molar refractivity (Wildman–Crippen MR) is 77.1 cm³/mol. The van der Waals surface area contributed by atoms with Gasteiger partial charge in [-0.3, -0.25) is 4.79 Å². The number of nitrogens with zero attached hydrogens (tertiary/aromatic N) is 1. The highest BCUT2D eigenvalue weighted by atomic mass is 16.6. The minimum atomic E-state index is -0.679. The number of benzene rings is 1. The molecule has 1 N–H and O–H groups in total. The first-order valence-corrected chi connectivity index (χ1v) is 6.61. The van der Waals surface area contributed by atoms with Crippen LogP contribution in [0.3, 0.4) is 0 Å². The van der Waals surface area contributed by atoms with Gasteiger partial charge in [-0.05, 0) is 19.1 Å². The number of hydrogen-bond donors (Lipinski definition) is 1. The van der Waals surface area contributed by atoms with Gasteiger partial charge in [-0.1, -0.05) is 32.9 Å². The first kappa shape index (κ1) is 14.4. The van der Waals surface area contributed by atoms with E-state index in [9.17, 15) is 4.79 Å². The van der Waals surface area contributed by atoms with Gasteiger partial charge >= 0.3 is 0 Å². The molecule has 0 aliphatic carbocycles. The first-order chi connectivity index (χ1) is 9.38. The van der Waals surface area contributed by atoms with Gasteiger partial charge in [0.1, 0.15) is 6.61 Å². The summed E-state index contributed by atoms with van der Waals surface area (Å²) in [7, 11) is 0. The lowest BCUT2D eigenvalue weighted by molar-refractivity contribution is -0.130. The lowest BCUT2D eigenvalue weighted by atomic mass is 9.91. The third kappa shape index (κ3) is 3.29. The van der Waals surface area contributed by atoms with Crippen LogP contribution >= 0.6 is 0 Å². The van der Waals surface area contributed by atoms with Crippen LogP contribution in [-0.4, -0.2) is 24.3 Å². The van der Waals surface area contributed by atoms with E-state index < -0.39 is 6.10 Å². The van der Waals surface area contributed by atoms with E-state index >= 15 is 0 Å². The Bertz CT molecular complexity index is 532. The number of rotatable bonds is 2. The van der Waals surface area contributed by atoms with Crippen LogP contribution < -0.4 is 14.9 Å². The monoisotopic (exact) mass is 276 g/mol. The molecule has 2 rings (SSSR count). The molecule has 1 aromatic rings.